The van der Waals surface area contributed by atoms with Gasteiger partial charge in [0, 0.05) is 18.2 Å². The fourth-order valence-electron chi connectivity index (χ4n) is 3.60. The van der Waals surface area contributed by atoms with Crippen molar-refractivity contribution in [2.75, 3.05) is 19.0 Å². The molecule has 1 aliphatic rings. The van der Waals surface area contributed by atoms with Crippen LogP contribution in [0.4, 0.5) is 5.69 Å². The Morgan fingerprint density at radius 3 is 2.76 bits per heavy atom. The van der Waals surface area contributed by atoms with Gasteiger partial charge in [0.15, 0.2) is 0 Å². The first-order valence-electron chi connectivity index (χ1n) is 8.97. The van der Waals surface area contributed by atoms with E-state index in [0.29, 0.717) is 18.3 Å². The highest BCUT2D eigenvalue weighted by Gasteiger charge is 2.42. The van der Waals surface area contributed by atoms with Crippen LogP contribution in [0, 0.1) is 5.92 Å². The Bertz CT molecular complexity index is 752. The highest BCUT2D eigenvalue weighted by Crippen LogP contribution is 2.37. The van der Waals surface area contributed by atoms with Crippen molar-refractivity contribution in [3.05, 3.63) is 30.5 Å². The van der Waals surface area contributed by atoms with E-state index in [0.717, 1.165) is 42.3 Å². The number of fused-ring (bicyclic) bond motifs is 1. The van der Waals surface area contributed by atoms with Crippen LogP contribution in [-0.4, -0.2) is 30.2 Å². The number of benzene rings is 1. The summed E-state index contributed by atoms with van der Waals surface area (Å²) in [4.78, 5) is 17.5. The number of pyridine rings is 1. The molecule has 2 aromatic rings. The Labute approximate surface area is 148 Å². The largest absolute Gasteiger partial charge is 0.494 e. The minimum absolute atomic E-state index is 0.0587. The van der Waals surface area contributed by atoms with Crippen molar-refractivity contribution in [2.45, 2.75) is 45.1 Å². The second-order valence-corrected chi connectivity index (χ2v) is 6.78. The molecule has 5 nitrogen and oxygen atoms in total. The van der Waals surface area contributed by atoms with Gasteiger partial charge in [-0.25, -0.2) is 0 Å². The normalized spacial score (nSPS) is 23.4. The third-order valence-corrected chi connectivity index (χ3v) is 5.12. The van der Waals surface area contributed by atoms with Gasteiger partial charge in [0.05, 0.1) is 12.8 Å². The van der Waals surface area contributed by atoms with Gasteiger partial charge in [0.1, 0.15) is 16.9 Å². The van der Waals surface area contributed by atoms with E-state index in [2.05, 4.69) is 17.2 Å². The third-order valence-electron chi connectivity index (χ3n) is 5.12. The number of methoxy groups -OCH3 is 1. The number of hydrogen-bond acceptors (Lipinski definition) is 4. The molecule has 1 saturated carbocycles. The first-order chi connectivity index (χ1) is 12.1. The van der Waals surface area contributed by atoms with E-state index >= 15 is 0 Å². The molecule has 3 rings (SSSR count). The van der Waals surface area contributed by atoms with E-state index in [4.69, 9.17) is 9.47 Å². The fraction of sp³-hybridized carbons (Fsp3) is 0.500. The molecule has 0 bridgehead atoms. The maximum atomic E-state index is 13.1. The lowest BCUT2D eigenvalue weighted by molar-refractivity contribution is -0.146. The average Bonchev–Trinajstić information content (AvgIpc) is 2.64. The summed E-state index contributed by atoms with van der Waals surface area (Å²) in [6, 6.07) is 7.50. The van der Waals surface area contributed by atoms with Crippen LogP contribution in [0.1, 0.15) is 39.5 Å². The summed E-state index contributed by atoms with van der Waals surface area (Å²) in [5, 5.41) is 3.95. The highest BCUT2D eigenvalue weighted by atomic mass is 16.5. The molecule has 0 atom stereocenters. The number of anilines is 1. The van der Waals surface area contributed by atoms with Crippen LogP contribution in [0.15, 0.2) is 30.5 Å². The maximum Gasteiger partial charge on any atom is 0.256 e. The van der Waals surface area contributed by atoms with E-state index in [1.807, 2.05) is 31.2 Å². The number of hydrogen-bond donors (Lipinski definition) is 1. The Balaban J connectivity index is 1.91. The van der Waals surface area contributed by atoms with E-state index in [9.17, 15) is 4.79 Å². The number of nitrogens with one attached hydrogen (secondary N) is 1. The van der Waals surface area contributed by atoms with Crippen LogP contribution in [-0.2, 0) is 9.53 Å². The zero-order chi connectivity index (χ0) is 17.9. The van der Waals surface area contributed by atoms with Crippen LogP contribution in [0.2, 0.25) is 0 Å². The summed E-state index contributed by atoms with van der Waals surface area (Å²) in [5.74, 6) is 1.28. The number of carbonyl (C=O) groups is 1. The quantitative estimate of drug-likeness (QED) is 0.886. The molecule has 1 N–H and O–H groups in total. The van der Waals surface area contributed by atoms with Crippen molar-refractivity contribution in [1.82, 2.24) is 4.98 Å². The molecule has 0 unspecified atom stereocenters. The Kier molecular flexibility index (Phi) is 5.23. The van der Waals surface area contributed by atoms with Crippen molar-refractivity contribution < 1.29 is 14.3 Å². The Morgan fingerprint density at radius 2 is 2.08 bits per heavy atom. The van der Waals surface area contributed by atoms with E-state index in [-0.39, 0.29) is 5.91 Å². The second kappa shape index (κ2) is 7.40. The third kappa shape index (κ3) is 3.47. The van der Waals surface area contributed by atoms with Gasteiger partial charge in [0.25, 0.3) is 5.91 Å². The van der Waals surface area contributed by atoms with Gasteiger partial charge in [0.2, 0.25) is 0 Å². The first-order valence-corrected chi connectivity index (χ1v) is 8.97. The van der Waals surface area contributed by atoms with Gasteiger partial charge >= 0.3 is 0 Å². The highest BCUT2D eigenvalue weighted by molar-refractivity contribution is 6.05. The summed E-state index contributed by atoms with van der Waals surface area (Å²) in [6.07, 6.45) is 5.28. The maximum absolute atomic E-state index is 13.1. The van der Waals surface area contributed by atoms with Gasteiger partial charge in [-0.1, -0.05) is 6.92 Å². The molecule has 5 heteroatoms. The van der Waals surface area contributed by atoms with Crippen LogP contribution < -0.4 is 10.1 Å². The molecule has 1 aliphatic carbocycles. The topological polar surface area (TPSA) is 60.5 Å². The van der Waals surface area contributed by atoms with Crippen LogP contribution in [0.3, 0.4) is 0 Å². The van der Waals surface area contributed by atoms with Crippen LogP contribution in [0.5, 0.6) is 5.75 Å². The summed E-state index contributed by atoms with van der Waals surface area (Å²) in [5.41, 5.74) is 0.757. The number of carbonyl (C=O) groups excluding carboxylic acids is 1. The molecular weight excluding hydrogens is 316 g/mol. The molecule has 134 valence electrons. The van der Waals surface area contributed by atoms with Crippen LogP contribution in [0.25, 0.3) is 10.9 Å². The molecule has 0 radical (unpaired) electrons. The smallest absolute Gasteiger partial charge is 0.256 e. The van der Waals surface area contributed by atoms with Gasteiger partial charge in [-0.15, -0.1) is 0 Å². The molecule has 0 spiro atoms. The molecule has 1 amide bonds. The SMILES string of the molecule is CCOC1(C(=O)Nc2ccc(OC)c3ncccc23)CCC(C)CC1. The van der Waals surface area contributed by atoms with E-state index in [1.54, 1.807) is 13.3 Å². The molecular formula is C20H26N2O3. The van der Waals surface area contributed by atoms with Crippen molar-refractivity contribution in [3.63, 3.8) is 0 Å². The van der Waals surface area contributed by atoms with Crippen molar-refractivity contribution in [3.8, 4) is 5.75 Å². The molecule has 0 saturated heterocycles. The van der Waals surface area contributed by atoms with Crippen molar-refractivity contribution >= 4 is 22.5 Å². The number of rotatable bonds is 5. The lowest BCUT2D eigenvalue weighted by Gasteiger charge is -2.37. The van der Waals surface area contributed by atoms with Gasteiger partial charge in [-0.3, -0.25) is 9.78 Å². The molecule has 1 aromatic heterocycles. The number of aromatic nitrogens is 1. The van der Waals surface area contributed by atoms with Crippen molar-refractivity contribution in [1.29, 1.82) is 0 Å². The molecule has 1 aromatic carbocycles. The predicted octanol–water partition coefficient (Wildman–Crippen LogP) is 4.17. The Morgan fingerprint density at radius 1 is 1.32 bits per heavy atom. The molecule has 1 heterocycles. The number of nitrogens with zero attached hydrogens (tertiary/aromatic N) is 1. The summed E-state index contributed by atoms with van der Waals surface area (Å²) in [7, 11) is 1.62. The lowest BCUT2D eigenvalue weighted by Crippen LogP contribution is -2.48. The standard InChI is InChI=1S/C20H26N2O3/c1-4-25-20(11-9-14(2)10-12-20)19(23)22-16-7-8-17(24-3)18-15(16)6-5-13-21-18/h5-8,13-14H,4,9-12H2,1-3H3,(H,22,23). The minimum Gasteiger partial charge on any atom is -0.494 e. The fourth-order valence-corrected chi connectivity index (χ4v) is 3.60. The zero-order valence-electron chi connectivity index (χ0n) is 15.2. The van der Waals surface area contributed by atoms with Gasteiger partial charge < -0.3 is 14.8 Å². The molecule has 25 heavy (non-hydrogen) atoms. The first kappa shape index (κ1) is 17.7. The monoisotopic (exact) mass is 342 g/mol. The summed E-state index contributed by atoms with van der Waals surface area (Å²) in [6.45, 7) is 4.71. The minimum atomic E-state index is -0.726. The summed E-state index contributed by atoms with van der Waals surface area (Å²) >= 11 is 0. The Hall–Kier alpha value is -2.14. The number of ether oxygens (including phenoxy) is 2. The van der Waals surface area contributed by atoms with E-state index in [1.165, 1.54) is 0 Å². The average molecular weight is 342 g/mol. The number of amides is 1. The van der Waals surface area contributed by atoms with Crippen LogP contribution >= 0.6 is 0 Å². The van der Waals surface area contributed by atoms with E-state index < -0.39 is 5.60 Å². The second-order valence-electron chi connectivity index (χ2n) is 6.78. The summed E-state index contributed by atoms with van der Waals surface area (Å²) < 4.78 is 11.3. The predicted molar refractivity (Wildman–Crippen MR) is 98.9 cm³/mol. The van der Waals surface area contributed by atoms with Crippen molar-refractivity contribution in [2.24, 2.45) is 5.92 Å². The zero-order valence-corrected chi connectivity index (χ0v) is 15.2. The lowest BCUT2D eigenvalue weighted by atomic mass is 9.78. The molecule has 1 fully saturated rings. The van der Waals surface area contributed by atoms with Gasteiger partial charge in [-0.2, -0.15) is 0 Å². The van der Waals surface area contributed by atoms with Gasteiger partial charge in [-0.05, 0) is 62.8 Å². The molecule has 0 aliphatic heterocycles.